The number of hydrogen-bond acceptors (Lipinski definition) is 6. The second-order valence-corrected chi connectivity index (χ2v) is 6.06. The molecule has 1 aromatic carbocycles. The fourth-order valence-electron chi connectivity index (χ4n) is 2.94. The topological polar surface area (TPSA) is 87.6 Å². The molecular weight excluding hydrogens is 320 g/mol. The second kappa shape index (κ2) is 7.94. The molecule has 25 heavy (non-hydrogen) atoms. The second-order valence-electron chi connectivity index (χ2n) is 6.06. The van der Waals surface area contributed by atoms with Crippen LogP contribution in [0.1, 0.15) is 19.8 Å². The number of nitrogens with zero attached hydrogens (tertiary/aromatic N) is 3. The smallest absolute Gasteiger partial charge is 0.317 e. The minimum absolute atomic E-state index is 0.0881. The molecule has 1 aliphatic rings. The van der Waals surface area contributed by atoms with E-state index in [0.29, 0.717) is 17.9 Å². The number of carbonyl (C=O) groups is 1. The standard InChI is InChI=1S/C18H22N4O3/c1-2-22(12-17(23)24)14-10-13(11-14)20-18-19-9-8-16(21-18)25-15-6-4-3-5-7-15/h3-9,13-14H,2,10-12H2,1H3,(H,23,24)(H,19,20,21). The number of aromatic nitrogens is 2. The first-order valence-corrected chi connectivity index (χ1v) is 8.42. The van der Waals surface area contributed by atoms with Crippen molar-refractivity contribution in [3.63, 3.8) is 0 Å². The lowest BCUT2D eigenvalue weighted by atomic mass is 9.85. The molecule has 1 saturated carbocycles. The van der Waals surface area contributed by atoms with Crippen molar-refractivity contribution >= 4 is 11.9 Å². The summed E-state index contributed by atoms with van der Waals surface area (Å²) in [6, 6.07) is 11.7. The Morgan fingerprint density at radius 2 is 2.08 bits per heavy atom. The molecule has 0 radical (unpaired) electrons. The lowest BCUT2D eigenvalue weighted by Gasteiger charge is -2.42. The van der Waals surface area contributed by atoms with Gasteiger partial charge in [0, 0.05) is 24.3 Å². The van der Waals surface area contributed by atoms with Crippen LogP contribution in [0.15, 0.2) is 42.6 Å². The van der Waals surface area contributed by atoms with Gasteiger partial charge < -0.3 is 15.2 Å². The first-order chi connectivity index (χ1) is 12.1. The molecule has 1 fully saturated rings. The van der Waals surface area contributed by atoms with Crippen molar-refractivity contribution in [1.29, 1.82) is 0 Å². The highest BCUT2D eigenvalue weighted by Crippen LogP contribution is 2.28. The van der Waals surface area contributed by atoms with Gasteiger partial charge in [0.25, 0.3) is 0 Å². The Hall–Kier alpha value is -2.67. The molecule has 2 N–H and O–H groups in total. The van der Waals surface area contributed by atoms with E-state index in [1.807, 2.05) is 42.2 Å². The first kappa shape index (κ1) is 17.2. The van der Waals surface area contributed by atoms with Crippen LogP contribution in [0.2, 0.25) is 0 Å². The number of carboxylic acid groups (broad SMARTS) is 1. The number of rotatable bonds is 8. The lowest BCUT2D eigenvalue weighted by molar-refractivity contribution is -0.139. The summed E-state index contributed by atoms with van der Waals surface area (Å²) >= 11 is 0. The average molecular weight is 342 g/mol. The van der Waals surface area contributed by atoms with E-state index >= 15 is 0 Å². The highest BCUT2D eigenvalue weighted by molar-refractivity contribution is 5.69. The predicted octanol–water partition coefficient (Wildman–Crippen LogP) is 2.62. The Bertz CT molecular complexity index is 704. The molecule has 0 aliphatic heterocycles. The highest BCUT2D eigenvalue weighted by Gasteiger charge is 2.34. The SMILES string of the molecule is CCN(CC(=O)O)C1CC(Nc2nccc(Oc3ccccc3)n2)C1. The molecule has 3 rings (SSSR count). The van der Waals surface area contributed by atoms with Crippen molar-refractivity contribution in [2.45, 2.75) is 31.8 Å². The number of para-hydroxylation sites is 1. The Kier molecular flexibility index (Phi) is 5.45. The lowest BCUT2D eigenvalue weighted by Crippen LogP contribution is -2.51. The summed E-state index contributed by atoms with van der Waals surface area (Å²) in [5.41, 5.74) is 0. The summed E-state index contributed by atoms with van der Waals surface area (Å²) in [7, 11) is 0. The van der Waals surface area contributed by atoms with E-state index in [1.54, 1.807) is 12.3 Å². The zero-order valence-electron chi connectivity index (χ0n) is 14.1. The van der Waals surface area contributed by atoms with Gasteiger partial charge >= 0.3 is 5.97 Å². The quantitative estimate of drug-likeness (QED) is 0.762. The van der Waals surface area contributed by atoms with Crippen LogP contribution in [-0.4, -0.2) is 51.1 Å². The van der Waals surface area contributed by atoms with Gasteiger partial charge in [-0.3, -0.25) is 9.69 Å². The molecule has 2 aromatic rings. The van der Waals surface area contributed by atoms with Crippen LogP contribution >= 0.6 is 0 Å². The van der Waals surface area contributed by atoms with Crippen LogP contribution < -0.4 is 10.1 Å². The normalized spacial score (nSPS) is 19.3. The fourth-order valence-corrected chi connectivity index (χ4v) is 2.94. The van der Waals surface area contributed by atoms with Crippen LogP contribution in [0.25, 0.3) is 0 Å². The van der Waals surface area contributed by atoms with E-state index in [-0.39, 0.29) is 12.6 Å². The minimum atomic E-state index is -0.785. The third-order valence-corrected chi connectivity index (χ3v) is 4.30. The summed E-state index contributed by atoms with van der Waals surface area (Å²) in [5, 5.41) is 12.2. The highest BCUT2D eigenvalue weighted by atomic mass is 16.5. The van der Waals surface area contributed by atoms with Gasteiger partial charge in [-0.1, -0.05) is 25.1 Å². The van der Waals surface area contributed by atoms with E-state index in [1.165, 1.54) is 0 Å². The van der Waals surface area contributed by atoms with Gasteiger partial charge in [-0.05, 0) is 31.5 Å². The molecule has 132 valence electrons. The van der Waals surface area contributed by atoms with Crippen molar-refractivity contribution in [2.75, 3.05) is 18.4 Å². The Balaban J connectivity index is 1.53. The van der Waals surface area contributed by atoms with Crippen LogP contribution in [-0.2, 0) is 4.79 Å². The van der Waals surface area contributed by atoms with Gasteiger partial charge in [-0.25, -0.2) is 4.98 Å². The molecule has 1 heterocycles. The summed E-state index contributed by atoms with van der Waals surface area (Å²) in [4.78, 5) is 21.5. The summed E-state index contributed by atoms with van der Waals surface area (Å²) in [6.45, 7) is 2.81. The van der Waals surface area contributed by atoms with Crippen LogP contribution in [0.5, 0.6) is 11.6 Å². The van der Waals surface area contributed by atoms with Crippen molar-refractivity contribution in [2.24, 2.45) is 0 Å². The molecular formula is C18H22N4O3. The number of hydrogen-bond donors (Lipinski definition) is 2. The number of anilines is 1. The van der Waals surface area contributed by atoms with Gasteiger partial charge in [0.15, 0.2) is 0 Å². The summed E-state index contributed by atoms with van der Waals surface area (Å²) in [6.07, 6.45) is 3.43. The zero-order valence-corrected chi connectivity index (χ0v) is 14.1. The Morgan fingerprint density at radius 3 is 2.76 bits per heavy atom. The maximum absolute atomic E-state index is 10.9. The number of likely N-dealkylation sites (N-methyl/N-ethyl adjacent to an activating group) is 1. The minimum Gasteiger partial charge on any atom is -0.480 e. The molecule has 7 heteroatoms. The molecule has 0 atom stereocenters. The van der Waals surface area contributed by atoms with Crippen LogP contribution in [0.3, 0.4) is 0 Å². The third kappa shape index (κ3) is 4.67. The molecule has 0 bridgehead atoms. The fraction of sp³-hybridized carbons (Fsp3) is 0.389. The van der Waals surface area contributed by atoms with Gasteiger partial charge in [0.05, 0.1) is 6.54 Å². The molecule has 7 nitrogen and oxygen atoms in total. The zero-order chi connectivity index (χ0) is 17.6. The predicted molar refractivity (Wildman–Crippen MR) is 93.9 cm³/mol. The Morgan fingerprint density at radius 1 is 1.32 bits per heavy atom. The van der Waals surface area contributed by atoms with E-state index in [4.69, 9.17) is 9.84 Å². The molecule has 0 unspecified atom stereocenters. The molecule has 1 aliphatic carbocycles. The number of aliphatic carboxylic acids is 1. The van der Waals surface area contributed by atoms with Crippen molar-refractivity contribution in [1.82, 2.24) is 14.9 Å². The van der Waals surface area contributed by atoms with Crippen molar-refractivity contribution in [3.05, 3.63) is 42.6 Å². The monoisotopic (exact) mass is 342 g/mol. The molecule has 0 saturated heterocycles. The number of nitrogens with one attached hydrogen (secondary N) is 1. The largest absolute Gasteiger partial charge is 0.480 e. The number of benzene rings is 1. The van der Waals surface area contributed by atoms with Gasteiger partial charge in [0.1, 0.15) is 5.75 Å². The maximum atomic E-state index is 10.9. The third-order valence-electron chi connectivity index (χ3n) is 4.30. The van der Waals surface area contributed by atoms with Gasteiger partial charge in [-0.15, -0.1) is 0 Å². The Labute approximate surface area is 146 Å². The van der Waals surface area contributed by atoms with Gasteiger partial charge in [-0.2, -0.15) is 4.98 Å². The van der Waals surface area contributed by atoms with Crippen LogP contribution in [0.4, 0.5) is 5.95 Å². The van der Waals surface area contributed by atoms with E-state index < -0.39 is 5.97 Å². The van der Waals surface area contributed by atoms with E-state index in [9.17, 15) is 4.79 Å². The molecule has 1 aromatic heterocycles. The van der Waals surface area contributed by atoms with E-state index in [0.717, 1.165) is 25.1 Å². The summed E-state index contributed by atoms with van der Waals surface area (Å²) < 4.78 is 5.71. The molecule has 0 amide bonds. The van der Waals surface area contributed by atoms with Crippen LogP contribution in [0, 0.1) is 0 Å². The van der Waals surface area contributed by atoms with Crippen molar-refractivity contribution < 1.29 is 14.6 Å². The van der Waals surface area contributed by atoms with Crippen molar-refractivity contribution in [3.8, 4) is 11.6 Å². The van der Waals surface area contributed by atoms with Gasteiger partial charge in [0.2, 0.25) is 11.8 Å². The maximum Gasteiger partial charge on any atom is 0.317 e. The summed E-state index contributed by atoms with van der Waals surface area (Å²) in [5.74, 6) is 0.953. The molecule has 0 spiro atoms. The first-order valence-electron chi connectivity index (χ1n) is 8.42. The average Bonchev–Trinajstić information content (AvgIpc) is 2.57. The van der Waals surface area contributed by atoms with E-state index in [2.05, 4.69) is 15.3 Å². The number of ether oxygens (including phenoxy) is 1. The number of carboxylic acids is 1.